The Hall–Kier alpha value is -4.04. The standard InChI is InChI=1S/C25H29FN8O5/c1-25(2)24-29-18(19(35)22(37)33(24)10-11-39-25)21(36)27-13-15-4-5-16(26)12-17(15)34-14-28-20(30-34)23(38)32-8-6-31(3)7-9-32/h4-5,12,14,18H,6-11,13H2,1-3H3,(H,27,36). The lowest BCUT2D eigenvalue weighted by Crippen LogP contribution is -2.62. The lowest BCUT2D eigenvalue weighted by atomic mass is 9.99. The quantitative estimate of drug-likeness (QED) is 0.391. The summed E-state index contributed by atoms with van der Waals surface area (Å²) < 4.78 is 21.1. The number of piperazine rings is 1. The van der Waals surface area contributed by atoms with Gasteiger partial charge in [-0.25, -0.2) is 19.0 Å². The number of Topliss-reactive ketones (excluding diaryl/α,β-unsaturated/α-hetero) is 1. The number of fused-ring (bicyclic) bond motifs is 1. The second kappa shape index (κ2) is 10.3. The van der Waals surface area contributed by atoms with Crippen LogP contribution in [0.25, 0.3) is 5.69 Å². The maximum atomic E-state index is 14.2. The van der Waals surface area contributed by atoms with Crippen LogP contribution in [-0.4, -0.2) is 117 Å². The number of morpholine rings is 1. The molecule has 4 heterocycles. The Labute approximate surface area is 223 Å². The molecule has 5 rings (SSSR count). The summed E-state index contributed by atoms with van der Waals surface area (Å²) >= 11 is 0. The monoisotopic (exact) mass is 540 g/mol. The lowest BCUT2D eigenvalue weighted by molar-refractivity contribution is -0.148. The minimum atomic E-state index is -1.56. The number of aromatic nitrogens is 3. The van der Waals surface area contributed by atoms with E-state index < -0.39 is 35.1 Å². The van der Waals surface area contributed by atoms with Crippen molar-refractivity contribution in [1.82, 2.24) is 34.8 Å². The Kier molecular flexibility index (Phi) is 6.99. The summed E-state index contributed by atoms with van der Waals surface area (Å²) in [4.78, 5) is 64.6. The number of amides is 3. The van der Waals surface area contributed by atoms with Crippen molar-refractivity contribution in [3.8, 4) is 5.69 Å². The summed E-state index contributed by atoms with van der Waals surface area (Å²) in [5, 5.41) is 6.87. The first-order valence-corrected chi connectivity index (χ1v) is 12.6. The van der Waals surface area contributed by atoms with Crippen LogP contribution in [-0.2, 0) is 25.7 Å². The molecule has 1 unspecified atom stereocenters. The highest BCUT2D eigenvalue weighted by molar-refractivity contribution is 6.46. The third-order valence-electron chi connectivity index (χ3n) is 7.00. The molecule has 2 fully saturated rings. The number of carbonyl (C=O) groups excluding carboxylic acids is 4. The maximum absolute atomic E-state index is 14.2. The topological polar surface area (TPSA) is 142 Å². The average Bonchev–Trinajstić information content (AvgIpc) is 3.40. The molecule has 13 nitrogen and oxygen atoms in total. The molecule has 206 valence electrons. The van der Waals surface area contributed by atoms with E-state index in [1.54, 1.807) is 18.7 Å². The fourth-order valence-corrected chi connectivity index (χ4v) is 4.73. The maximum Gasteiger partial charge on any atom is 0.298 e. The fourth-order valence-electron chi connectivity index (χ4n) is 4.73. The third kappa shape index (κ3) is 5.16. The summed E-state index contributed by atoms with van der Waals surface area (Å²) in [5.41, 5.74) is -0.243. The first kappa shape index (κ1) is 26.6. The van der Waals surface area contributed by atoms with Gasteiger partial charge in [-0.3, -0.25) is 24.1 Å². The molecule has 1 aromatic carbocycles. The van der Waals surface area contributed by atoms with Gasteiger partial charge >= 0.3 is 0 Å². The van der Waals surface area contributed by atoms with Crippen molar-refractivity contribution in [1.29, 1.82) is 0 Å². The van der Waals surface area contributed by atoms with Crippen molar-refractivity contribution in [2.45, 2.75) is 32.0 Å². The minimum absolute atomic E-state index is 0.0252. The van der Waals surface area contributed by atoms with Crippen LogP contribution in [0.2, 0.25) is 0 Å². The minimum Gasteiger partial charge on any atom is -0.366 e. The summed E-state index contributed by atoms with van der Waals surface area (Å²) in [7, 11) is 1.98. The Balaban J connectivity index is 1.33. The number of halogens is 1. The summed E-state index contributed by atoms with van der Waals surface area (Å²) in [6.07, 6.45) is 1.30. The van der Waals surface area contributed by atoms with Crippen molar-refractivity contribution in [3.63, 3.8) is 0 Å². The second-order valence-corrected chi connectivity index (χ2v) is 10.1. The van der Waals surface area contributed by atoms with E-state index in [9.17, 15) is 23.6 Å². The van der Waals surface area contributed by atoms with Crippen LogP contribution in [0.4, 0.5) is 4.39 Å². The van der Waals surface area contributed by atoms with Crippen molar-refractivity contribution in [2.75, 3.05) is 46.4 Å². The fraction of sp³-hybridized carbons (Fsp3) is 0.480. The molecule has 0 saturated carbocycles. The van der Waals surface area contributed by atoms with Crippen LogP contribution in [0.1, 0.15) is 30.0 Å². The predicted octanol–water partition coefficient (Wildman–Crippen LogP) is -0.603. The Morgan fingerprint density at radius 2 is 1.90 bits per heavy atom. The highest BCUT2D eigenvalue weighted by atomic mass is 19.1. The Bertz CT molecular complexity index is 1360. The first-order chi connectivity index (χ1) is 18.5. The number of nitrogens with zero attached hydrogens (tertiary/aromatic N) is 7. The SMILES string of the molecule is CN1CCN(C(=O)c2ncn(-c3cc(F)ccc3CNC(=O)C3N=C4N(CCOC4(C)C)C(=O)C3=O)n2)CC1. The number of benzene rings is 1. The molecule has 0 aliphatic carbocycles. The summed E-state index contributed by atoms with van der Waals surface area (Å²) in [6.45, 7) is 6.31. The van der Waals surface area contributed by atoms with Crippen LogP contribution in [0.15, 0.2) is 29.5 Å². The molecule has 1 aromatic heterocycles. The van der Waals surface area contributed by atoms with Crippen molar-refractivity contribution >= 4 is 29.3 Å². The smallest absolute Gasteiger partial charge is 0.298 e. The van der Waals surface area contributed by atoms with E-state index in [0.717, 1.165) is 13.1 Å². The van der Waals surface area contributed by atoms with Crippen LogP contribution in [0.5, 0.6) is 0 Å². The van der Waals surface area contributed by atoms with Gasteiger partial charge in [0.25, 0.3) is 23.5 Å². The third-order valence-corrected chi connectivity index (χ3v) is 7.00. The van der Waals surface area contributed by atoms with E-state index in [1.165, 1.54) is 34.1 Å². The number of hydrogen-bond donors (Lipinski definition) is 1. The number of aliphatic imine (C=N–C) groups is 1. The largest absolute Gasteiger partial charge is 0.366 e. The Morgan fingerprint density at radius 3 is 2.64 bits per heavy atom. The van der Waals surface area contributed by atoms with Gasteiger partial charge < -0.3 is 19.9 Å². The number of ether oxygens (including phenoxy) is 1. The number of amidine groups is 1. The molecule has 3 amide bonds. The van der Waals surface area contributed by atoms with Crippen molar-refractivity contribution < 1.29 is 28.3 Å². The number of ketones is 1. The van der Waals surface area contributed by atoms with Gasteiger partial charge in [0.05, 0.1) is 18.8 Å². The molecular weight excluding hydrogens is 511 g/mol. The van der Waals surface area contributed by atoms with Crippen LogP contribution >= 0.6 is 0 Å². The van der Waals surface area contributed by atoms with Gasteiger partial charge in [0.15, 0.2) is 6.04 Å². The van der Waals surface area contributed by atoms with E-state index in [1.807, 2.05) is 7.05 Å². The van der Waals surface area contributed by atoms with E-state index in [4.69, 9.17) is 4.74 Å². The molecule has 0 spiro atoms. The highest BCUT2D eigenvalue weighted by Crippen LogP contribution is 2.25. The molecule has 2 aromatic rings. The molecular formula is C25H29FN8O5. The highest BCUT2D eigenvalue weighted by Gasteiger charge is 2.47. The van der Waals surface area contributed by atoms with Gasteiger partial charge in [0.2, 0.25) is 5.82 Å². The molecule has 39 heavy (non-hydrogen) atoms. The first-order valence-electron chi connectivity index (χ1n) is 12.6. The van der Waals surface area contributed by atoms with E-state index in [0.29, 0.717) is 18.7 Å². The molecule has 0 radical (unpaired) electrons. The zero-order valence-corrected chi connectivity index (χ0v) is 21.9. The van der Waals surface area contributed by atoms with Gasteiger partial charge in [-0.1, -0.05) is 6.07 Å². The van der Waals surface area contributed by atoms with Gasteiger partial charge in [-0.15, -0.1) is 5.10 Å². The summed E-state index contributed by atoms with van der Waals surface area (Å²) in [5.74, 6) is -3.20. The van der Waals surface area contributed by atoms with Crippen molar-refractivity contribution in [3.05, 3.63) is 41.7 Å². The molecule has 14 heteroatoms. The Morgan fingerprint density at radius 1 is 1.15 bits per heavy atom. The average molecular weight is 541 g/mol. The normalized spacial score (nSPS) is 21.4. The number of nitrogens with one attached hydrogen (secondary N) is 1. The summed E-state index contributed by atoms with van der Waals surface area (Å²) in [6, 6.07) is 2.31. The van der Waals surface area contributed by atoms with Crippen LogP contribution < -0.4 is 5.32 Å². The van der Waals surface area contributed by atoms with Crippen LogP contribution in [0, 0.1) is 5.82 Å². The molecule has 3 aliphatic heterocycles. The van der Waals surface area contributed by atoms with Gasteiger partial charge in [-0.2, -0.15) is 0 Å². The number of rotatable bonds is 5. The number of likely N-dealkylation sites (N-methyl/N-ethyl adjacent to an activating group) is 1. The zero-order chi connectivity index (χ0) is 27.9. The second-order valence-electron chi connectivity index (χ2n) is 10.1. The van der Waals surface area contributed by atoms with Gasteiger partial charge in [0.1, 0.15) is 23.6 Å². The predicted molar refractivity (Wildman–Crippen MR) is 135 cm³/mol. The molecule has 3 aliphatic rings. The van der Waals surface area contributed by atoms with E-state index in [2.05, 4.69) is 25.3 Å². The zero-order valence-electron chi connectivity index (χ0n) is 21.9. The van der Waals surface area contributed by atoms with Gasteiger partial charge in [0, 0.05) is 32.7 Å². The molecule has 1 N–H and O–H groups in total. The van der Waals surface area contributed by atoms with Crippen molar-refractivity contribution in [2.24, 2.45) is 4.99 Å². The van der Waals surface area contributed by atoms with E-state index in [-0.39, 0.29) is 43.0 Å². The molecule has 0 bridgehead atoms. The number of carbonyl (C=O) groups is 4. The lowest BCUT2D eigenvalue weighted by Gasteiger charge is -2.41. The van der Waals surface area contributed by atoms with Gasteiger partial charge in [-0.05, 0) is 38.6 Å². The molecule has 2 saturated heterocycles. The van der Waals surface area contributed by atoms with E-state index >= 15 is 0 Å². The number of hydrogen-bond acceptors (Lipinski definition) is 9. The van der Waals surface area contributed by atoms with Crippen LogP contribution in [0.3, 0.4) is 0 Å². The molecule has 1 atom stereocenters.